The molecule has 0 bridgehead atoms. The Hall–Kier alpha value is -1.55. The van der Waals surface area contributed by atoms with Crippen LogP contribution in [0.5, 0.6) is 0 Å². The summed E-state index contributed by atoms with van der Waals surface area (Å²) in [5.41, 5.74) is 7.76. The molecule has 0 aliphatic carbocycles. The number of hydrogen-bond acceptors (Lipinski definition) is 4. The third-order valence-corrected chi connectivity index (χ3v) is 3.99. The molecule has 1 heterocycles. The van der Waals surface area contributed by atoms with Crippen molar-refractivity contribution in [1.29, 1.82) is 0 Å². The Morgan fingerprint density at radius 1 is 1.50 bits per heavy atom. The van der Waals surface area contributed by atoms with Gasteiger partial charge in [-0.1, -0.05) is 25.1 Å². The zero-order chi connectivity index (χ0) is 14.8. The second kappa shape index (κ2) is 5.83. The third-order valence-electron chi connectivity index (χ3n) is 3.99. The Bertz CT molecular complexity index is 485. The average molecular weight is 276 g/mol. The summed E-state index contributed by atoms with van der Waals surface area (Å²) < 4.78 is 4.76. The number of rotatable bonds is 4. The van der Waals surface area contributed by atoms with Crippen molar-refractivity contribution >= 4 is 11.7 Å². The summed E-state index contributed by atoms with van der Waals surface area (Å²) in [4.78, 5) is 14.0. The fourth-order valence-electron chi connectivity index (χ4n) is 2.82. The number of hydrogen-bond donors (Lipinski definition) is 1. The first-order valence-electron chi connectivity index (χ1n) is 7.14. The second-order valence-electron chi connectivity index (χ2n) is 6.04. The van der Waals surface area contributed by atoms with Crippen molar-refractivity contribution in [3.8, 4) is 0 Å². The molecule has 1 aliphatic heterocycles. The van der Waals surface area contributed by atoms with E-state index in [9.17, 15) is 4.79 Å². The lowest BCUT2D eigenvalue weighted by atomic mass is 9.92. The van der Waals surface area contributed by atoms with Gasteiger partial charge in [0.05, 0.1) is 7.11 Å². The van der Waals surface area contributed by atoms with Crippen LogP contribution < -0.4 is 10.6 Å². The maximum Gasteiger partial charge on any atom is 0.325 e. The van der Waals surface area contributed by atoms with Crippen LogP contribution >= 0.6 is 0 Å². The zero-order valence-corrected chi connectivity index (χ0v) is 12.6. The Morgan fingerprint density at radius 3 is 2.90 bits per heavy atom. The summed E-state index contributed by atoms with van der Waals surface area (Å²) in [6, 6.07) is 8.47. The van der Waals surface area contributed by atoms with Gasteiger partial charge >= 0.3 is 5.97 Å². The minimum atomic E-state index is -0.926. The van der Waals surface area contributed by atoms with Gasteiger partial charge in [0, 0.05) is 18.8 Å². The first-order valence-corrected chi connectivity index (χ1v) is 7.14. The number of fused-ring (bicyclic) bond motifs is 1. The predicted molar refractivity (Wildman–Crippen MR) is 80.7 cm³/mol. The summed E-state index contributed by atoms with van der Waals surface area (Å²) in [5, 5.41) is 0. The van der Waals surface area contributed by atoms with Gasteiger partial charge in [-0.05, 0) is 37.3 Å². The molecule has 0 saturated heterocycles. The molecule has 0 fully saturated rings. The van der Waals surface area contributed by atoms with Gasteiger partial charge in [0.15, 0.2) is 0 Å². The first kappa shape index (κ1) is 14.9. The monoisotopic (exact) mass is 276 g/mol. The molecule has 1 aromatic carbocycles. The number of esters is 1. The number of anilines is 1. The molecule has 4 heteroatoms. The van der Waals surface area contributed by atoms with E-state index in [-0.39, 0.29) is 5.97 Å². The molecule has 4 nitrogen and oxygen atoms in total. The number of carbonyl (C=O) groups excluding carboxylic acids is 1. The Morgan fingerprint density at radius 2 is 2.20 bits per heavy atom. The van der Waals surface area contributed by atoms with Crippen LogP contribution in [0.25, 0.3) is 0 Å². The van der Waals surface area contributed by atoms with Crippen molar-refractivity contribution in [3.63, 3.8) is 0 Å². The highest BCUT2D eigenvalue weighted by Crippen LogP contribution is 2.29. The molecule has 0 saturated carbocycles. The van der Waals surface area contributed by atoms with Gasteiger partial charge in [-0.2, -0.15) is 0 Å². The molecule has 20 heavy (non-hydrogen) atoms. The highest BCUT2D eigenvalue weighted by atomic mass is 16.5. The lowest BCUT2D eigenvalue weighted by molar-refractivity contribution is -0.146. The number of ether oxygens (including phenoxy) is 1. The van der Waals surface area contributed by atoms with E-state index in [1.54, 1.807) is 6.92 Å². The summed E-state index contributed by atoms with van der Waals surface area (Å²) >= 11 is 0. The summed E-state index contributed by atoms with van der Waals surface area (Å²) in [5.74, 6) is 0.267. The molecule has 2 unspecified atom stereocenters. The molecule has 0 radical (unpaired) electrons. The van der Waals surface area contributed by atoms with E-state index in [1.807, 2.05) is 0 Å². The number of carbonyl (C=O) groups is 1. The van der Waals surface area contributed by atoms with Crippen molar-refractivity contribution < 1.29 is 9.53 Å². The SMILES string of the molecule is COC(=O)C(C)(N)CCN1CC(C)Cc2ccccc21. The van der Waals surface area contributed by atoms with Crippen molar-refractivity contribution in [3.05, 3.63) is 29.8 Å². The van der Waals surface area contributed by atoms with E-state index in [1.165, 1.54) is 18.4 Å². The van der Waals surface area contributed by atoms with Crippen molar-refractivity contribution in [1.82, 2.24) is 0 Å². The quantitative estimate of drug-likeness (QED) is 0.854. The summed E-state index contributed by atoms with van der Waals surface area (Å²) in [7, 11) is 1.38. The van der Waals surface area contributed by atoms with Crippen molar-refractivity contribution in [2.24, 2.45) is 11.7 Å². The minimum Gasteiger partial charge on any atom is -0.468 e. The van der Waals surface area contributed by atoms with Gasteiger partial charge in [-0.25, -0.2) is 0 Å². The lowest BCUT2D eigenvalue weighted by Crippen LogP contribution is -2.49. The molecule has 0 amide bonds. The van der Waals surface area contributed by atoms with E-state index in [0.717, 1.165) is 19.5 Å². The topological polar surface area (TPSA) is 55.6 Å². The van der Waals surface area contributed by atoms with Crippen LogP contribution in [0.3, 0.4) is 0 Å². The van der Waals surface area contributed by atoms with E-state index in [2.05, 4.69) is 36.1 Å². The second-order valence-corrected chi connectivity index (χ2v) is 6.04. The van der Waals surface area contributed by atoms with Crippen molar-refractivity contribution in [2.75, 3.05) is 25.1 Å². The van der Waals surface area contributed by atoms with Crippen LogP contribution in [0.4, 0.5) is 5.69 Å². The molecule has 2 atom stereocenters. The molecule has 0 aromatic heterocycles. The fourth-order valence-corrected chi connectivity index (χ4v) is 2.82. The van der Waals surface area contributed by atoms with Gasteiger partial charge in [-0.3, -0.25) is 4.79 Å². The molecule has 0 spiro atoms. The standard InChI is InChI=1S/C16H24N2O2/c1-12-10-13-6-4-5-7-14(13)18(11-12)9-8-16(2,17)15(19)20-3/h4-7,12H,8-11,17H2,1-3H3. The largest absolute Gasteiger partial charge is 0.468 e. The smallest absolute Gasteiger partial charge is 0.325 e. The van der Waals surface area contributed by atoms with E-state index < -0.39 is 5.54 Å². The first-order chi connectivity index (χ1) is 9.44. The Kier molecular flexibility index (Phi) is 4.33. The maximum atomic E-state index is 11.7. The molecule has 2 rings (SSSR count). The molecular formula is C16H24N2O2. The normalized spacial score (nSPS) is 21.0. The van der Waals surface area contributed by atoms with Crippen LogP contribution in [0.2, 0.25) is 0 Å². The van der Waals surface area contributed by atoms with Crippen LogP contribution in [0, 0.1) is 5.92 Å². The molecular weight excluding hydrogens is 252 g/mol. The average Bonchev–Trinajstić information content (AvgIpc) is 2.43. The lowest BCUT2D eigenvalue weighted by Gasteiger charge is -2.36. The Labute approximate surface area is 120 Å². The van der Waals surface area contributed by atoms with Gasteiger partial charge in [0.25, 0.3) is 0 Å². The Balaban J connectivity index is 2.09. The molecule has 1 aliphatic rings. The molecule has 1 aromatic rings. The van der Waals surface area contributed by atoms with Crippen LogP contribution in [0.15, 0.2) is 24.3 Å². The number of nitrogens with zero attached hydrogens (tertiary/aromatic N) is 1. The van der Waals surface area contributed by atoms with E-state index in [0.29, 0.717) is 12.3 Å². The number of para-hydroxylation sites is 1. The van der Waals surface area contributed by atoms with Crippen LogP contribution in [-0.2, 0) is 16.0 Å². The van der Waals surface area contributed by atoms with Crippen molar-refractivity contribution in [2.45, 2.75) is 32.2 Å². The van der Waals surface area contributed by atoms with Crippen LogP contribution in [-0.4, -0.2) is 31.7 Å². The third kappa shape index (κ3) is 3.12. The summed E-state index contributed by atoms with van der Waals surface area (Å²) in [6.45, 7) is 5.76. The van der Waals surface area contributed by atoms with E-state index in [4.69, 9.17) is 10.5 Å². The highest BCUT2D eigenvalue weighted by Gasteiger charge is 2.31. The summed E-state index contributed by atoms with van der Waals surface area (Å²) in [6.07, 6.45) is 1.70. The zero-order valence-electron chi connectivity index (χ0n) is 12.6. The molecule has 2 N–H and O–H groups in total. The van der Waals surface area contributed by atoms with Gasteiger partial charge in [0.1, 0.15) is 5.54 Å². The number of benzene rings is 1. The number of methoxy groups -OCH3 is 1. The van der Waals surface area contributed by atoms with E-state index >= 15 is 0 Å². The number of nitrogens with two attached hydrogens (primary N) is 1. The minimum absolute atomic E-state index is 0.351. The highest BCUT2D eigenvalue weighted by molar-refractivity contribution is 5.79. The van der Waals surface area contributed by atoms with Gasteiger partial charge in [0.2, 0.25) is 0 Å². The maximum absolute atomic E-state index is 11.7. The molecule has 110 valence electrons. The van der Waals surface area contributed by atoms with Gasteiger partial charge < -0.3 is 15.4 Å². The predicted octanol–water partition coefficient (Wildman–Crippen LogP) is 1.97. The van der Waals surface area contributed by atoms with Gasteiger partial charge in [-0.15, -0.1) is 0 Å². The van der Waals surface area contributed by atoms with Crippen LogP contribution in [0.1, 0.15) is 25.8 Å². The fraction of sp³-hybridized carbons (Fsp3) is 0.562.